The van der Waals surface area contributed by atoms with Gasteiger partial charge in [0, 0.05) is 0 Å². The van der Waals surface area contributed by atoms with E-state index in [1.165, 1.54) is 23.5 Å². The van der Waals surface area contributed by atoms with E-state index in [0.717, 1.165) is 18.4 Å². The van der Waals surface area contributed by atoms with Crippen molar-refractivity contribution in [2.45, 2.75) is 25.7 Å². The van der Waals surface area contributed by atoms with Gasteiger partial charge in [-0.1, -0.05) is 11.6 Å². The number of carbonyl (C=O) groups excluding carboxylic acids is 3. The fourth-order valence-corrected chi connectivity index (χ4v) is 4.35. The Labute approximate surface area is 181 Å². The molecule has 1 aliphatic heterocycles. The fourth-order valence-electron chi connectivity index (χ4n) is 3.03. The van der Waals surface area contributed by atoms with Crippen LogP contribution in [0, 0.1) is 0 Å². The number of esters is 2. The number of hydrogen-bond donors (Lipinski definition) is 1. The lowest BCUT2D eigenvalue weighted by atomic mass is 10.1. The maximum Gasteiger partial charge on any atom is 0.341 e. The van der Waals surface area contributed by atoms with Crippen molar-refractivity contribution in [2.75, 3.05) is 25.3 Å². The van der Waals surface area contributed by atoms with Gasteiger partial charge < -0.3 is 24.3 Å². The molecule has 1 fully saturated rings. The molecule has 2 heterocycles. The van der Waals surface area contributed by atoms with Crippen molar-refractivity contribution in [3.63, 3.8) is 0 Å². The fraction of sp³-hybridized carbons (Fsp3) is 0.350. The van der Waals surface area contributed by atoms with Crippen LogP contribution >= 0.6 is 22.9 Å². The Morgan fingerprint density at radius 3 is 2.73 bits per heavy atom. The lowest BCUT2D eigenvalue weighted by Gasteiger charge is -2.09. The minimum atomic E-state index is -0.735. The number of halogens is 1. The average Bonchev–Trinajstić information content (AvgIpc) is 3.29. The standard InChI is InChI=1S/C20H18ClNO7S/c1-2-26-20(25)16-12(10-3-4-10)8-30-18(16)22-15(23)7-27-19(24)11-5-13(21)17-14(6-11)28-9-29-17/h5-6,8,10H,2-4,7,9H2,1H3,(H,22,23). The zero-order chi connectivity index (χ0) is 21.3. The molecule has 158 valence electrons. The van der Waals surface area contributed by atoms with Crippen LogP contribution in [0.5, 0.6) is 11.5 Å². The van der Waals surface area contributed by atoms with Gasteiger partial charge in [-0.15, -0.1) is 11.3 Å². The maximum absolute atomic E-state index is 12.4. The van der Waals surface area contributed by atoms with E-state index in [0.29, 0.717) is 28.0 Å². The van der Waals surface area contributed by atoms with Gasteiger partial charge in [0.05, 0.1) is 22.8 Å². The van der Waals surface area contributed by atoms with E-state index in [-0.39, 0.29) is 24.0 Å². The number of nitrogens with one attached hydrogen (secondary N) is 1. The van der Waals surface area contributed by atoms with Crippen LogP contribution in [0.1, 0.15) is 52.0 Å². The van der Waals surface area contributed by atoms with Gasteiger partial charge in [-0.3, -0.25) is 4.79 Å². The minimum Gasteiger partial charge on any atom is -0.462 e. The van der Waals surface area contributed by atoms with E-state index < -0.39 is 24.5 Å². The van der Waals surface area contributed by atoms with Gasteiger partial charge in [0.25, 0.3) is 5.91 Å². The Morgan fingerprint density at radius 2 is 2.00 bits per heavy atom. The smallest absolute Gasteiger partial charge is 0.341 e. The quantitative estimate of drug-likeness (QED) is 0.635. The summed E-state index contributed by atoms with van der Waals surface area (Å²) in [7, 11) is 0. The van der Waals surface area contributed by atoms with Crippen molar-refractivity contribution < 1.29 is 33.3 Å². The van der Waals surface area contributed by atoms with Crippen molar-refractivity contribution in [1.82, 2.24) is 0 Å². The van der Waals surface area contributed by atoms with Gasteiger partial charge in [0.15, 0.2) is 18.1 Å². The number of fused-ring (bicyclic) bond motifs is 1. The molecule has 1 N–H and O–H groups in total. The average molecular weight is 452 g/mol. The summed E-state index contributed by atoms with van der Waals surface area (Å²) in [5.41, 5.74) is 1.41. The zero-order valence-electron chi connectivity index (χ0n) is 16.0. The van der Waals surface area contributed by atoms with E-state index in [1.54, 1.807) is 6.92 Å². The lowest BCUT2D eigenvalue weighted by molar-refractivity contribution is -0.119. The second-order valence-corrected chi connectivity index (χ2v) is 7.99. The molecule has 1 aromatic heterocycles. The molecule has 0 saturated heterocycles. The predicted molar refractivity (Wildman–Crippen MR) is 109 cm³/mol. The number of hydrogen-bond acceptors (Lipinski definition) is 8. The third-order valence-corrected chi connectivity index (χ3v) is 5.76. The highest BCUT2D eigenvalue weighted by Crippen LogP contribution is 2.46. The molecule has 1 amide bonds. The largest absolute Gasteiger partial charge is 0.462 e. The van der Waals surface area contributed by atoms with Crippen LogP contribution in [0.25, 0.3) is 0 Å². The number of anilines is 1. The lowest BCUT2D eigenvalue weighted by Crippen LogP contribution is -2.22. The number of carbonyl (C=O) groups is 3. The third-order valence-electron chi connectivity index (χ3n) is 4.57. The Hall–Kier alpha value is -2.78. The minimum absolute atomic E-state index is 0.0163. The Balaban J connectivity index is 1.40. The van der Waals surface area contributed by atoms with Crippen LogP contribution in [0.2, 0.25) is 5.02 Å². The molecule has 4 rings (SSSR count). The summed E-state index contributed by atoms with van der Waals surface area (Å²) < 4.78 is 20.6. The van der Waals surface area contributed by atoms with Crippen molar-refractivity contribution in [2.24, 2.45) is 0 Å². The summed E-state index contributed by atoms with van der Waals surface area (Å²) in [6, 6.07) is 2.82. The molecule has 30 heavy (non-hydrogen) atoms. The number of ether oxygens (including phenoxy) is 4. The molecule has 0 unspecified atom stereocenters. The van der Waals surface area contributed by atoms with Gasteiger partial charge >= 0.3 is 11.9 Å². The molecule has 0 radical (unpaired) electrons. The number of thiophene rings is 1. The van der Waals surface area contributed by atoms with Crippen molar-refractivity contribution in [3.05, 3.63) is 39.2 Å². The van der Waals surface area contributed by atoms with Crippen molar-refractivity contribution >= 4 is 45.8 Å². The normalized spacial score (nSPS) is 14.3. The molecule has 1 saturated carbocycles. The first-order chi connectivity index (χ1) is 14.5. The highest BCUT2D eigenvalue weighted by atomic mass is 35.5. The molecule has 10 heteroatoms. The van der Waals surface area contributed by atoms with Crippen molar-refractivity contribution in [3.8, 4) is 11.5 Å². The molecule has 0 atom stereocenters. The maximum atomic E-state index is 12.4. The molecule has 1 aromatic carbocycles. The molecule has 2 aromatic rings. The summed E-state index contributed by atoms with van der Waals surface area (Å²) in [6.45, 7) is 1.45. The van der Waals surface area contributed by atoms with Crippen LogP contribution in [0.15, 0.2) is 17.5 Å². The second-order valence-electron chi connectivity index (χ2n) is 6.71. The van der Waals surface area contributed by atoms with E-state index in [2.05, 4.69) is 5.32 Å². The van der Waals surface area contributed by atoms with Gasteiger partial charge in [-0.25, -0.2) is 9.59 Å². The molecule has 8 nitrogen and oxygen atoms in total. The summed E-state index contributed by atoms with van der Waals surface area (Å²) in [6.07, 6.45) is 2.01. The molecular formula is C20H18ClNO7S. The number of benzene rings is 1. The van der Waals surface area contributed by atoms with E-state index >= 15 is 0 Å². The number of amides is 1. The Bertz CT molecular complexity index is 1010. The Morgan fingerprint density at radius 1 is 1.20 bits per heavy atom. The third kappa shape index (κ3) is 4.22. The first-order valence-corrected chi connectivity index (χ1v) is 10.6. The number of rotatable bonds is 7. The van der Waals surface area contributed by atoms with Gasteiger partial charge in [0.1, 0.15) is 5.00 Å². The summed E-state index contributed by atoms with van der Waals surface area (Å²) in [5.74, 6) is -0.751. The summed E-state index contributed by atoms with van der Waals surface area (Å²) >= 11 is 7.31. The highest BCUT2D eigenvalue weighted by Gasteiger charge is 2.32. The van der Waals surface area contributed by atoms with Crippen LogP contribution in [-0.2, 0) is 14.3 Å². The first-order valence-electron chi connectivity index (χ1n) is 9.32. The van der Waals surface area contributed by atoms with Crippen LogP contribution < -0.4 is 14.8 Å². The van der Waals surface area contributed by atoms with Crippen molar-refractivity contribution in [1.29, 1.82) is 0 Å². The van der Waals surface area contributed by atoms with Gasteiger partial charge in [-0.2, -0.15) is 0 Å². The van der Waals surface area contributed by atoms with Crippen LogP contribution in [0.4, 0.5) is 5.00 Å². The SMILES string of the molecule is CCOC(=O)c1c(C2CC2)csc1NC(=O)COC(=O)c1cc(Cl)c2c(c1)OCO2. The highest BCUT2D eigenvalue weighted by molar-refractivity contribution is 7.15. The predicted octanol–water partition coefficient (Wildman–Crippen LogP) is 3.98. The second kappa shape index (κ2) is 8.53. The van der Waals surface area contributed by atoms with E-state index in [1.807, 2.05) is 5.38 Å². The molecule has 0 spiro atoms. The first kappa shape index (κ1) is 20.5. The molecule has 1 aliphatic carbocycles. The molecule has 2 aliphatic rings. The van der Waals surface area contributed by atoms with Gasteiger partial charge in [0.2, 0.25) is 6.79 Å². The van der Waals surface area contributed by atoms with Crippen LogP contribution in [-0.4, -0.2) is 37.9 Å². The molecular weight excluding hydrogens is 434 g/mol. The molecule has 0 bridgehead atoms. The van der Waals surface area contributed by atoms with Crippen LogP contribution in [0.3, 0.4) is 0 Å². The zero-order valence-corrected chi connectivity index (χ0v) is 17.6. The van der Waals surface area contributed by atoms with E-state index in [9.17, 15) is 14.4 Å². The summed E-state index contributed by atoms with van der Waals surface area (Å²) in [5, 5.41) is 5.11. The monoisotopic (exact) mass is 451 g/mol. The van der Waals surface area contributed by atoms with E-state index in [4.69, 9.17) is 30.5 Å². The topological polar surface area (TPSA) is 100 Å². The van der Waals surface area contributed by atoms with Gasteiger partial charge in [-0.05, 0) is 48.8 Å². The Kier molecular flexibility index (Phi) is 5.83. The summed E-state index contributed by atoms with van der Waals surface area (Å²) in [4.78, 5) is 37.0.